The summed E-state index contributed by atoms with van der Waals surface area (Å²) in [6, 6.07) is 9.13. The van der Waals surface area contributed by atoms with Gasteiger partial charge in [0.25, 0.3) is 11.5 Å². The molecule has 6 rings (SSSR count). The fourth-order valence-corrected chi connectivity index (χ4v) is 5.59. The molecule has 2 aliphatic carbocycles. The van der Waals surface area contributed by atoms with Crippen LogP contribution in [0.25, 0.3) is 11.0 Å². The van der Waals surface area contributed by atoms with E-state index in [0.29, 0.717) is 30.2 Å². The summed E-state index contributed by atoms with van der Waals surface area (Å²) >= 11 is 0. The number of anilines is 1. The first kappa shape index (κ1) is 22.2. The number of nitrogens with zero attached hydrogens (tertiary/aromatic N) is 4. The fraction of sp³-hybridized carbons (Fsp3) is 0.481. The summed E-state index contributed by atoms with van der Waals surface area (Å²) in [6.07, 6.45) is 10.2. The summed E-state index contributed by atoms with van der Waals surface area (Å²) in [7, 11) is 0. The zero-order valence-corrected chi connectivity index (χ0v) is 20.2. The Hall–Kier alpha value is -3.26. The van der Waals surface area contributed by atoms with Crippen LogP contribution < -0.4 is 15.8 Å². The van der Waals surface area contributed by atoms with Crippen LogP contribution >= 0.6 is 0 Å². The van der Waals surface area contributed by atoms with Crippen molar-refractivity contribution in [3.63, 3.8) is 0 Å². The lowest BCUT2D eigenvalue weighted by Gasteiger charge is -2.54. The zero-order chi connectivity index (χ0) is 23.9. The van der Waals surface area contributed by atoms with Gasteiger partial charge in [-0.1, -0.05) is 6.92 Å². The summed E-state index contributed by atoms with van der Waals surface area (Å²) in [5.74, 6) is -0.0659. The van der Waals surface area contributed by atoms with E-state index in [2.05, 4.69) is 36.1 Å². The molecule has 2 saturated carbocycles. The first-order valence-corrected chi connectivity index (χ1v) is 12.9. The van der Waals surface area contributed by atoms with Crippen molar-refractivity contribution in [3.05, 3.63) is 63.8 Å². The molecule has 182 valence electrons. The Bertz CT molecular complexity index is 1300. The van der Waals surface area contributed by atoms with Crippen molar-refractivity contribution < 1.29 is 4.79 Å². The average Bonchev–Trinajstić information content (AvgIpc) is 2.82. The van der Waals surface area contributed by atoms with E-state index in [1.165, 1.54) is 12.8 Å². The molecule has 0 radical (unpaired) electrons. The molecule has 4 heterocycles. The number of carbonyl (C=O) groups is 1. The highest BCUT2D eigenvalue weighted by Gasteiger charge is 2.43. The number of aryl methyl sites for hydroxylation is 1. The second kappa shape index (κ2) is 9.07. The third kappa shape index (κ3) is 4.20. The lowest BCUT2D eigenvalue weighted by molar-refractivity contribution is 0.0658. The number of piperazine rings is 1. The van der Waals surface area contributed by atoms with Gasteiger partial charge >= 0.3 is 0 Å². The third-order valence-electron chi connectivity index (χ3n) is 8.04. The Kier molecular flexibility index (Phi) is 5.76. The van der Waals surface area contributed by atoms with Crippen LogP contribution in [-0.4, -0.2) is 57.0 Å². The molecule has 3 aromatic rings. The third-order valence-corrected chi connectivity index (χ3v) is 8.04. The largest absolute Gasteiger partial charge is 0.364 e. The number of hydrogen-bond donors (Lipinski definition) is 2. The quantitative estimate of drug-likeness (QED) is 0.573. The molecule has 1 amide bonds. The molecule has 2 N–H and O–H groups in total. The topological polar surface area (TPSA) is 94.2 Å². The molecule has 0 bridgehead atoms. The molecule has 1 aliphatic heterocycles. The second-order valence-electron chi connectivity index (χ2n) is 10.1. The number of nitrogens with one attached hydrogen (secondary N) is 2. The van der Waals surface area contributed by atoms with Gasteiger partial charge in [0.05, 0.1) is 22.9 Å². The summed E-state index contributed by atoms with van der Waals surface area (Å²) in [4.78, 5) is 41.7. The summed E-state index contributed by atoms with van der Waals surface area (Å²) in [6.45, 7) is 4.69. The van der Waals surface area contributed by atoms with E-state index in [4.69, 9.17) is 0 Å². The number of hydrogen-bond acceptors (Lipinski definition) is 6. The minimum atomic E-state index is -0.0659. The molecule has 0 unspecified atom stereocenters. The molecule has 0 spiro atoms. The molecule has 8 heteroatoms. The van der Waals surface area contributed by atoms with Crippen LogP contribution in [0.1, 0.15) is 60.6 Å². The molecular weight excluding hydrogens is 440 g/mol. The van der Waals surface area contributed by atoms with Crippen molar-refractivity contribution in [2.24, 2.45) is 0 Å². The molecule has 3 fully saturated rings. The summed E-state index contributed by atoms with van der Waals surface area (Å²) in [5, 5.41) is 3.06. The molecule has 0 aromatic carbocycles. The van der Waals surface area contributed by atoms with Crippen LogP contribution in [-0.2, 0) is 13.0 Å². The number of aromatic nitrogens is 3. The average molecular weight is 473 g/mol. The lowest BCUT2D eigenvalue weighted by atomic mass is 9.81. The summed E-state index contributed by atoms with van der Waals surface area (Å²) in [5.41, 5.74) is 5.11. The highest BCUT2D eigenvalue weighted by atomic mass is 16.2. The van der Waals surface area contributed by atoms with E-state index >= 15 is 0 Å². The van der Waals surface area contributed by atoms with Crippen LogP contribution in [0.4, 0.5) is 5.69 Å². The monoisotopic (exact) mass is 472 g/mol. The van der Waals surface area contributed by atoms with Gasteiger partial charge in [0.1, 0.15) is 5.69 Å². The highest BCUT2D eigenvalue weighted by Crippen LogP contribution is 2.37. The molecule has 35 heavy (non-hydrogen) atoms. The first-order chi connectivity index (χ1) is 17.1. The van der Waals surface area contributed by atoms with E-state index in [-0.39, 0.29) is 11.5 Å². The van der Waals surface area contributed by atoms with Gasteiger partial charge < -0.3 is 15.2 Å². The van der Waals surface area contributed by atoms with Crippen molar-refractivity contribution in [2.75, 3.05) is 18.0 Å². The number of carbonyl (C=O) groups excluding carboxylic acids is 1. The predicted octanol–water partition coefficient (Wildman–Crippen LogP) is 3.02. The number of rotatable bonds is 6. The standard InChI is InChI=1S/C27H32N6O2/c1-2-18-13-22-23(31-26(18)34)12-17(14-28-22)16-32-10-11-33(25-9-8-24(25)32)20-6-7-21(29-15-20)27(35)30-19-4-3-5-19/h6-7,12-15,19,24-25H,2-5,8-11,16H2,1H3,(H,30,35)(H,31,34)/t24-,25+/m0/s1. The molecular formula is C27H32N6O2. The zero-order valence-electron chi connectivity index (χ0n) is 20.2. The number of amides is 1. The molecule has 3 aliphatic rings. The Balaban J connectivity index is 1.12. The first-order valence-electron chi connectivity index (χ1n) is 12.9. The number of aromatic amines is 1. The van der Waals surface area contributed by atoms with E-state index in [1.807, 2.05) is 37.5 Å². The van der Waals surface area contributed by atoms with Crippen molar-refractivity contribution in [3.8, 4) is 0 Å². The summed E-state index contributed by atoms with van der Waals surface area (Å²) < 4.78 is 0. The van der Waals surface area contributed by atoms with Gasteiger partial charge in [0, 0.05) is 49.5 Å². The number of pyridine rings is 3. The minimum Gasteiger partial charge on any atom is -0.364 e. The Morgan fingerprint density at radius 3 is 2.63 bits per heavy atom. The predicted molar refractivity (Wildman–Crippen MR) is 136 cm³/mol. The van der Waals surface area contributed by atoms with E-state index in [1.54, 1.807) is 0 Å². The van der Waals surface area contributed by atoms with Crippen molar-refractivity contribution in [2.45, 2.75) is 70.1 Å². The van der Waals surface area contributed by atoms with E-state index < -0.39 is 0 Å². The van der Waals surface area contributed by atoms with Gasteiger partial charge in [-0.15, -0.1) is 0 Å². The molecule has 8 nitrogen and oxygen atoms in total. The number of H-pyrrole nitrogens is 1. The van der Waals surface area contributed by atoms with Crippen LogP contribution in [0.5, 0.6) is 0 Å². The number of fused-ring (bicyclic) bond motifs is 2. The maximum atomic E-state index is 12.4. The van der Waals surface area contributed by atoms with Gasteiger partial charge in [-0.3, -0.25) is 19.5 Å². The van der Waals surface area contributed by atoms with Gasteiger partial charge in [0.2, 0.25) is 0 Å². The smallest absolute Gasteiger partial charge is 0.270 e. The normalized spacial score (nSPS) is 22.4. The lowest BCUT2D eigenvalue weighted by Crippen LogP contribution is -2.64. The van der Waals surface area contributed by atoms with Crippen LogP contribution in [0.3, 0.4) is 0 Å². The van der Waals surface area contributed by atoms with Crippen molar-refractivity contribution in [1.82, 2.24) is 25.2 Å². The fourth-order valence-electron chi connectivity index (χ4n) is 5.59. The van der Waals surface area contributed by atoms with Crippen LogP contribution in [0.15, 0.2) is 41.5 Å². The van der Waals surface area contributed by atoms with Crippen LogP contribution in [0.2, 0.25) is 0 Å². The molecule has 1 saturated heterocycles. The van der Waals surface area contributed by atoms with Crippen molar-refractivity contribution in [1.29, 1.82) is 0 Å². The minimum absolute atomic E-state index is 0.0215. The van der Waals surface area contributed by atoms with Gasteiger partial charge in [-0.05, 0) is 68.4 Å². The van der Waals surface area contributed by atoms with Gasteiger partial charge in [-0.2, -0.15) is 0 Å². The maximum Gasteiger partial charge on any atom is 0.270 e. The van der Waals surface area contributed by atoms with E-state index in [0.717, 1.165) is 66.7 Å². The maximum absolute atomic E-state index is 12.4. The highest BCUT2D eigenvalue weighted by molar-refractivity contribution is 5.92. The van der Waals surface area contributed by atoms with Crippen LogP contribution in [0, 0.1) is 0 Å². The SMILES string of the molecule is CCc1cc2ncc(CN3CCN(c4ccc(C(=O)NC5CCC5)nc4)[C@@H]4CC[C@@H]43)cc2[nH]c1=O. The van der Waals surface area contributed by atoms with Crippen molar-refractivity contribution >= 4 is 22.6 Å². The molecule has 2 atom stereocenters. The second-order valence-corrected chi connectivity index (χ2v) is 10.1. The Labute approximate surface area is 204 Å². The Morgan fingerprint density at radius 2 is 1.94 bits per heavy atom. The Morgan fingerprint density at radius 1 is 1.09 bits per heavy atom. The van der Waals surface area contributed by atoms with E-state index in [9.17, 15) is 9.59 Å². The van der Waals surface area contributed by atoms with Gasteiger partial charge in [0.15, 0.2) is 0 Å². The van der Waals surface area contributed by atoms with Gasteiger partial charge in [-0.25, -0.2) is 4.98 Å². The molecule has 3 aromatic heterocycles.